The maximum atomic E-state index is 13.4. The summed E-state index contributed by atoms with van der Waals surface area (Å²) in [6.45, 7) is 7.74. The maximum absolute atomic E-state index is 13.4. The first-order valence-corrected chi connectivity index (χ1v) is 10.6. The molecule has 1 saturated heterocycles. The van der Waals surface area contributed by atoms with Crippen LogP contribution >= 0.6 is 0 Å². The van der Waals surface area contributed by atoms with Crippen LogP contribution in [0.5, 0.6) is 0 Å². The van der Waals surface area contributed by atoms with Gasteiger partial charge < -0.3 is 10.6 Å². The SMILES string of the molecule is Cc1cc(C)c(C2=CCNC(C(=O)C3NCC4(CC4)CC3C(=O)NO)C2)cc1C. The van der Waals surface area contributed by atoms with Crippen LogP contribution in [-0.2, 0) is 9.59 Å². The molecule has 3 atom stereocenters. The molecule has 0 bridgehead atoms. The number of hydrogen-bond donors (Lipinski definition) is 4. The molecule has 1 aromatic carbocycles. The summed E-state index contributed by atoms with van der Waals surface area (Å²) in [5.74, 6) is -0.970. The number of amides is 1. The van der Waals surface area contributed by atoms with Gasteiger partial charge in [0.25, 0.3) is 0 Å². The van der Waals surface area contributed by atoms with Gasteiger partial charge in [0.1, 0.15) is 0 Å². The van der Waals surface area contributed by atoms with Gasteiger partial charge in [-0.05, 0) is 79.7 Å². The summed E-state index contributed by atoms with van der Waals surface area (Å²) in [6.07, 6.45) is 5.59. The molecule has 3 aliphatic rings. The van der Waals surface area contributed by atoms with Crippen molar-refractivity contribution in [3.05, 3.63) is 40.5 Å². The van der Waals surface area contributed by atoms with Crippen LogP contribution in [0.3, 0.4) is 0 Å². The van der Waals surface area contributed by atoms with Crippen molar-refractivity contribution in [1.29, 1.82) is 0 Å². The van der Waals surface area contributed by atoms with E-state index in [9.17, 15) is 14.8 Å². The second kappa shape index (κ2) is 7.67. The zero-order valence-corrected chi connectivity index (χ0v) is 17.5. The van der Waals surface area contributed by atoms with Crippen molar-refractivity contribution in [2.45, 2.75) is 58.5 Å². The molecule has 1 spiro atoms. The van der Waals surface area contributed by atoms with Gasteiger partial charge in [-0.3, -0.25) is 14.8 Å². The predicted octanol–water partition coefficient (Wildman–Crippen LogP) is 2.19. The Kier molecular flexibility index (Phi) is 5.36. The summed E-state index contributed by atoms with van der Waals surface area (Å²) in [5.41, 5.74) is 8.03. The number of hydroxylamine groups is 1. The fourth-order valence-corrected chi connectivity index (χ4v) is 4.95. The molecule has 0 aromatic heterocycles. The normalized spacial score (nSPS) is 28.0. The number of Topliss-reactive ketones (excluding diaryl/α,β-unsaturated/α-hetero) is 1. The van der Waals surface area contributed by atoms with E-state index in [0.717, 1.165) is 19.4 Å². The Hall–Kier alpha value is -2.02. The van der Waals surface area contributed by atoms with E-state index < -0.39 is 17.9 Å². The molecule has 0 radical (unpaired) electrons. The molecule has 156 valence electrons. The average molecular weight is 398 g/mol. The molecular formula is C23H31N3O3. The molecule has 1 amide bonds. The lowest BCUT2D eigenvalue weighted by atomic mass is 9.77. The summed E-state index contributed by atoms with van der Waals surface area (Å²) in [5, 5.41) is 15.8. The molecule has 6 nitrogen and oxygen atoms in total. The van der Waals surface area contributed by atoms with E-state index in [0.29, 0.717) is 19.4 Å². The third kappa shape index (κ3) is 3.89. The second-order valence-corrected chi connectivity index (χ2v) is 9.19. The van der Waals surface area contributed by atoms with E-state index in [1.165, 1.54) is 27.8 Å². The van der Waals surface area contributed by atoms with Gasteiger partial charge in [0.15, 0.2) is 5.78 Å². The molecule has 1 aromatic rings. The van der Waals surface area contributed by atoms with Crippen molar-refractivity contribution >= 4 is 17.3 Å². The largest absolute Gasteiger partial charge is 0.306 e. The van der Waals surface area contributed by atoms with E-state index in [1.54, 1.807) is 5.48 Å². The minimum absolute atomic E-state index is 0.0150. The van der Waals surface area contributed by atoms with Crippen molar-refractivity contribution in [2.75, 3.05) is 13.1 Å². The van der Waals surface area contributed by atoms with Crippen LogP contribution < -0.4 is 16.1 Å². The lowest BCUT2D eigenvalue weighted by molar-refractivity contribution is -0.140. The number of rotatable bonds is 4. The van der Waals surface area contributed by atoms with Crippen molar-refractivity contribution < 1.29 is 14.8 Å². The van der Waals surface area contributed by atoms with Crippen LogP contribution in [0.2, 0.25) is 0 Å². The van der Waals surface area contributed by atoms with E-state index in [2.05, 4.69) is 49.6 Å². The Balaban J connectivity index is 1.53. The first-order valence-electron chi connectivity index (χ1n) is 10.6. The van der Waals surface area contributed by atoms with Crippen molar-refractivity contribution in [2.24, 2.45) is 11.3 Å². The Bertz CT molecular complexity index is 872. The molecule has 4 N–H and O–H groups in total. The molecule has 1 aliphatic carbocycles. The summed E-state index contributed by atoms with van der Waals surface area (Å²) in [6, 6.07) is 3.51. The van der Waals surface area contributed by atoms with Gasteiger partial charge in [-0.15, -0.1) is 0 Å². The highest BCUT2D eigenvalue weighted by atomic mass is 16.5. The number of ketones is 1. The summed E-state index contributed by atoms with van der Waals surface area (Å²) in [4.78, 5) is 25.7. The maximum Gasteiger partial charge on any atom is 0.248 e. The zero-order valence-electron chi connectivity index (χ0n) is 17.5. The Labute approximate surface area is 172 Å². The number of carbonyl (C=O) groups is 2. The first-order chi connectivity index (χ1) is 13.8. The smallest absolute Gasteiger partial charge is 0.248 e. The molecule has 2 heterocycles. The van der Waals surface area contributed by atoms with Gasteiger partial charge in [0.2, 0.25) is 5.91 Å². The van der Waals surface area contributed by atoms with Crippen LogP contribution in [0, 0.1) is 32.1 Å². The summed E-state index contributed by atoms with van der Waals surface area (Å²) >= 11 is 0. The summed E-state index contributed by atoms with van der Waals surface area (Å²) in [7, 11) is 0. The molecule has 6 heteroatoms. The van der Waals surface area contributed by atoms with Gasteiger partial charge in [0.05, 0.1) is 18.0 Å². The highest BCUT2D eigenvalue weighted by molar-refractivity contribution is 5.96. The number of aryl methyl sites for hydroxylation is 3. The average Bonchev–Trinajstić information content (AvgIpc) is 3.48. The van der Waals surface area contributed by atoms with E-state index >= 15 is 0 Å². The van der Waals surface area contributed by atoms with Crippen molar-refractivity contribution in [3.8, 4) is 0 Å². The molecule has 2 fully saturated rings. The molecule has 3 unspecified atom stereocenters. The Morgan fingerprint density at radius 3 is 2.52 bits per heavy atom. The lowest BCUT2D eigenvalue weighted by Gasteiger charge is -2.37. The Morgan fingerprint density at radius 1 is 1.10 bits per heavy atom. The number of piperidine rings is 1. The van der Waals surface area contributed by atoms with E-state index in [4.69, 9.17) is 0 Å². The number of carbonyl (C=O) groups excluding carboxylic acids is 2. The highest BCUT2D eigenvalue weighted by Crippen LogP contribution is 2.52. The molecule has 4 rings (SSSR count). The molecule has 29 heavy (non-hydrogen) atoms. The van der Waals surface area contributed by atoms with Gasteiger partial charge in [-0.1, -0.05) is 18.2 Å². The second-order valence-electron chi connectivity index (χ2n) is 9.19. The van der Waals surface area contributed by atoms with Gasteiger partial charge >= 0.3 is 0 Å². The van der Waals surface area contributed by atoms with Crippen LogP contribution in [0.1, 0.15) is 47.9 Å². The zero-order chi connectivity index (χ0) is 20.8. The van der Waals surface area contributed by atoms with E-state index in [-0.39, 0.29) is 17.2 Å². The fourth-order valence-electron chi connectivity index (χ4n) is 4.95. The van der Waals surface area contributed by atoms with Crippen molar-refractivity contribution in [1.82, 2.24) is 16.1 Å². The standard InChI is InChI=1S/C23H31N3O3/c1-13-8-15(3)17(9-14(13)2)16-4-7-24-19(10-16)21(27)20-18(22(28)26-29)11-23(5-6-23)12-25-20/h4,8-9,18-20,24-25,29H,5-7,10-12H2,1-3H3,(H,26,28). The molecule has 2 aliphatic heterocycles. The quantitative estimate of drug-likeness (QED) is 0.462. The van der Waals surface area contributed by atoms with Crippen LogP contribution in [0.4, 0.5) is 0 Å². The fraction of sp³-hybridized carbons (Fsp3) is 0.565. The van der Waals surface area contributed by atoms with Crippen LogP contribution in [0.25, 0.3) is 5.57 Å². The number of benzene rings is 1. The third-order valence-corrected chi connectivity index (χ3v) is 7.13. The van der Waals surface area contributed by atoms with E-state index in [1.807, 2.05) is 0 Å². The Morgan fingerprint density at radius 2 is 1.83 bits per heavy atom. The first kappa shape index (κ1) is 20.3. The van der Waals surface area contributed by atoms with Crippen LogP contribution in [0.15, 0.2) is 18.2 Å². The molecule has 1 saturated carbocycles. The number of hydrogen-bond acceptors (Lipinski definition) is 5. The summed E-state index contributed by atoms with van der Waals surface area (Å²) < 4.78 is 0. The minimum Gasteiger partial charge on any atom is -0.306 e. The number of nitrogens with one attached hydrogen (secondary N) is 3. The lowest BCUT2D eigenvalue weighted by Crippen LogP contribution is -2.59. The highest BCUT2D eigenvalue weighted by Gasteiger charge is 2.52. The van der Waals surface area contributed by atoms with Crippen LogP contribution in [-0.4, -0.2) is 42.1 Å². The predicted molar refractivity (Wildman–Crippen MR) is 112 cm³/mol. The topological polar surface area (TPSA) is 90.5 Å². The third-order valence-electron chi connectivity index (χ3n) is 7.13. The monoisotopic (exact) mass is 397 g/mol. The molecular weight excluding hydrogens is 366 g/mol. The van der Waals surface area contributed by atoms with Crippen molar-refractivity contribution in [3.63, 3.8) is 0 Å². The van der Waals surface area contributed by atoms with Gasteiger partial charge in [-0.2, -0.15) is 0 Å². The minimum atomic E-state index is -0.564. The van der Waals surface area contributed by atoms with Gasteiger partial charge in [-0.25, -0.2) is 5.48 Å². The van der Waals surface area contributed by atoms with Gasteiger partial charge in [0, 0.05) is 13.1 Å².